The lowest BCUT2D eigenvalue weighted by molar-refractivity contribution is 0.0981. The molecule has 0 spiro atoms. The zero-order chi connectivity index (χ0) is 16.9. The number of thiophene rings is 1. The van der Waals surface area contributed by atoms with E-state index in [9.17, 15) is 4.79 Å². The van der Waals surface area contributed by atoms with Crippen LogP contribution in [0, 0.1) is 0 Å². The first-order valence-corrected chi connectivity index (χ1v) is 9.45. The average Bonchev–Trinajstić information content (AvgIpc) is 3.11. The lowest BCUT2D eigenvalue weighted by Gasteiger charge is -2.35. The molecule has 1 fully saturated rings. The Balaban J connectivity index is 1.57. The molecule has 0 aliphatic carbocycles. The van der Waals surface area contributed by atoms with E-state index in [1.54, 1.807) is 6.07 Å². The van der Waals surface area contributed by atoms with E-state index in [1.165, 1.54) is 36.3 Å². The number of amides is 1. The first kappa shape index (κ1) is 16.9. The van der Waals surface area contributed by atoms with Gasteiger partial charge >= 0.3 is 0 Å². The second kappa shape index (κ2) is 7.77. The molecule has 3 rings (SSSR count). The predicted molar refractivity (Wildman–Crippen MR) is 105 cm³/mol. The lowest BCUT2D eigenvalue weighted by atomic mass is 10.0. The number of thiocarbonyl (C=S) groups is 1. The molecule has 4 nitrogen and oxygen atoms in total. The van der Waals surface area contributed by atoms with Crippen LogP contribution >= 0.6 is 23.6 Å². The van der Waals surface area contributed by atoms with E-state index < -0.39 is 0 Å². The van der Waals surface area contributed by atoms with E-state index >= 15 is 0 Å². The highest BCUT2D eigenvalue weighted by Crippen LogP contribution is 2.25. The molecule has 126 valence electrons. The highest BCUT2D eigenvalue weighted by atomic mass is 32.1. The van der Waals surface area contributed by atoms with Gasteiger partial charge in [-0.15, -0.1) is 11.3 Å². The molecule has 1 aromatic heterocycles. The van der Waals surface area contributed by atoms with Crippen molar-refractivity contribution in [3.05, 3.63) is 46.7 Å². The van der Waals surface area contributed by atoms with Crippen LogP contribution in [-0.4, -0.2) is 23.6 Å². The van der Waals surface area contributed by atoms with Crippen LogP contribution in [0.15, 0.2) is 41.8 Å². The van der Waals surface area contributed by atoms with Crippen LogP contribution in [0.25, 0.3) is 0 Å². The van der Waals surface area contributed by atoms with Crippen molar-refractivity contribution in [1.29, 1.82) is 0 Å². The minimum Gasteiger partial charge on any atom is -0.369 e. The zero-order valence-electron chi connectivity index (χ0n) is 13.6. The van der Waals surface area contributed by atoms with Crippen LogP contribution in [0.5, 0.6) is 0 Å². The first-order valence-electron chi connectivity index (χ1n) is 8.16. The van der Waals surface area contributed by atoms with Gasteiger partial charge < -0.3 is 10.2 Å². The zero-order valence-corrected chi connectivity index (χ0v) is 15.3. The van der Waals surface area contributed by atoms with Gasteiger partial charge in [0.2, 0.25) is 0 Å². The number of hydrogen-bond donors (Lipinski definition) is 2. The molecule has 0 saturated carbocycles. The molecule has 2 N–H and O–H groups in total. The second-order valence-corrected chi connectivity index (χ2v) is 7.33. The highest BCUT2D eigenvalue weighted by molar-refractivity contribution is 7.80. The number of anilines is 2. The number of benzene rings is 1. The summed E-state index contributed by atoms with van der Waals surface area (Å²) in [5, 5.41) is 7.94. The van der Waals surface area contributed by atoms with Crippen molar-refractivity contribution in [3.63, 3.8) is 0 Å². The van der Waals surface area contributed by atoms with Crippen molar-refractivity contribution in [3.8, 4) is 0 Å². The molecule has 6 heteroatoms. The summed E-state index contributed by atoms with van der Waals surface area (Å²) in [5.41, 5.74) is 2.11. The Morgan fingerprint density at radius 2 is 2.04 bits per heavy atom. The Morgan fingerprint density at radius 1 is 1.25 bits per heavy atom. The number of nitrogens with zero attached hydrogens (tertiary/aromatic N) is 1. The molecule has 1 atom stereocenters. The second-order valence-electron chi connectivity index (χ2n) is 5.97. The van der Waals surface area contributed by atoms with Crippen molar-refractivity contribution >= 4 is 45.9 Å². The fourth-order valence-electron chi connectivity index (χ4n) is 2.95. The number of carbonyl (C=O) groups excluding carboxylic acids is 1. The van der Waals surface area contributed by atoms with Crippen LogP contribution in [0.4, 0.5) is 11.4 Å². The van der Waals surface area contributed by atoms with Crippen molar-refractivity contribution in [1.82, 2.24) is 5.32 Å². The summed E-state index contributed by atoms with van der Waals surface area (Å²) < 4.78 is 0. The Morgan fingerprint density at radius 3 is 2.71 bits per heavy atom. The quantitative estimate of drug-likeness (QED) is 0.804. The van der Waals surface area contributed by atoms with Gasteiger partial charge in [0, 0.05) is 24.0 Å². The molecular formula is C18H21N3OS2. The predicted octanol–water partition coefficient (Wildman–Crippen LogP) is 4.25. The van der Waals surface area contributed by atoms with E-state index in [4.69, 9.17) is 12.2 Å². The summed E-state index contributed by atoms with van der Waals surface area (Å²) in [5.74, 6) is -0.179. The molecule has 0 radical (unpaired) electrons. The van der Waals surface area contributed by atoms with Crippen LogP contribution < -0.4 is 15.5 Å². The van der Waals surface area contributed by atoms with Crippen LogP contribution in [0.1, 0.15) is 35.9 Å². The van der Waals surface area contributed by atoms with Gasteiger partial charge in [-0.25, -0.2) is 0 Å². The van der Waals surface area contributed by atoms with Crippen molar-refractivity contribution in [2.75, 3.05) is 16.8 Å². The summed E-state index contributed by atoms with van der Waals surface area (Å²) in [6, 6.07) is 12.4. The maximum Gasteiger partial charge on any atom is 0.267 e. The highest BCUT2D eigenvalue weighted by Gasteiger charge is 2.18. The SMILES string of the molecule is C[C@@H]1CCCCN1c1ccc(NC(=S)NC(=O)c2cccs2)cc1. The van der Waals surface area contributed by atoms with Gasteiger partial charge in [-0.3, -0.25) is 10.1 Å². The van der Waals surface area contributed by atoms with Gasteiger partial charge in [0.15, 0.2) is 5.11 Å². The van der Waals surface area contributed by atoms with Gasteiger partial charge in [0.25, 0.3) is 5.91 Å². The molecule has 1 aliphatic rings. The maximum absolute atomic E-state index is 12.0. The fraction of sp³-hybridized carbons (Fsp3) is 0.333. The molecule has 0 unspecified atom stereocenters. The molecule has 1 amide bonds. The topological polar surface area (TPSA) is 44.4 Å². The fourth-order valence-corrected chi connectivity index (χ4v) is 3.78. The summed E-state index contributed by atoms with van der Waals surface area (Å²) >= 11 is 6.61. The third-order valence-corrected chi connectivity index (χ3v) is 5.30. The average molecular weight is 360 g/mol. The molecule has 1 saturated heterocycles. The summed E-state index contributed by atoms with van der Waals surface area (Å²) in [6.07, 6.45) is 3.82. The van der Waals surface area contributed by atoms with Crippen molar-refractivity contribution in [2.45, 2.75) is 32.2 Å². The number of rotatable bonds is 3. The number of nitrogens with one attached hydrogen (secondary N) is 2. The van der Waals surface area contributed by atoms with Gasteiger partial charge in [-0.2, -0.15) is 0 Å². The minimum atomic E-state index is -0.179. The van der Waals surface area contributed by atoms with Crippen LogP contribution in [0.3, 0.4) is 0 Å². The number of hydrogen-bond acceptors (Lipinski definition) is 4. The molecule has 1 aliphatic heterocycles. The molecule has 24 heavy (non-hydrogen) atoms. The van der Waals surface area contributed by atoms with Crippen LogP contribution in [-0.2, 0) is 0 Å². The minimum absolute atomic E-state index is 0.179. The molecule has 2 aromatic rings. The van der Waals surface area contributed by atoms with Gasteiger partial charge in [0.1, 0.15) is 0 Å². The van der Waals surface area contributed by atoms with E-state index in [2.05, 4.69) is 34.6 Å². The first-order chi connectivity index (χ1) is 11.6. The van der Waals surface area contributed by atoms with E-state index in [0.717, 1.165) is 12.2 Å². The van der Waals surface area contributed by atoms with E-state index in [0.29, 0.717) is 16.0 Å². The van der Waals surface area contributed by atoms with Crippen molar-refractivity contribution < 1.29 is 4.79 Å². The third kappa shape index (κ3) is 4.13. The standard InChI is InChI=1S/C18H21N3OS2/c1-13-5-2-3-11-21(13)15-9-7-14(8-10-15)19-18(23)20-17(22)16-6-4-12-24-16/h4,6-10,12-13H,2-3,5,11H2,1H3,(H2,19,20,22,23)/t13-/m1/s1. The van der Waals surface area contributed by atoms with Crippen molar-refractivity contribution in [2.24, 2.45) is 0 Å². The van der Waals surface area contributed by atoms with E-state index in [-0.39, 0.29) is 5.91 Å². The molecule has 0 bridgehead atoms. The Labute approximate surface area is 151 Å². The third-order valence-electron chi connectivity index (χ3n) is 4.23. The van der Waals surface area contributed by atoms with Gasteiger partial charge in [0.05, 0.1) is 4.88 Å². The number of carbonyl (C=O) groups is 1. The monoisotopic (exact) mass is 359 g/mol. The van der Waals surface area contributed by atoms with Gasteiger partial charge in [-0.1, -0.05) is 6.07 Å². The molecule has 1 aromatic carbocycles. The van der Waals surface area contributed by atoms with Gasteiger partial charge in [-0.05, 0) is 74.1 Å². The summed E-state index contributed by atoms with van der Waals surface area (Å²) in [4.78, 5) is 15.1. The van der Waals surface area contributed by atoms with E-state index in [1.807, 2.05) is 23.6 Å². The Kier molecular flexibility index (Phi) is 5.48. The summed E-state index contributed by atoms with van der Waals surface area (Å²) in [7, 11) is 0. The smallest absolute Gasteiger partial charge is 0.267 e. The normalized spacial score (nSPS) is 17.4. The number of piperidine rings is 1. The maximum atomic E-state index is 12.0. The lowest BCUT2D eigenvalue weighted by Crippen LogP contribution is -2.37. The molecule has 2 heterocycles. The summed E-state index contributed by atoms with van der Waals surface area (Å²) in [6.45, 7) is 3.39. The Bertz CT molecular complexity index is 698. The molecular weight excluding hydrogens is 338 g/mol. The van der Waals surface area contributed by atoms with Crippen LogP contribution in [0.2, 0.25) is 0 Å². The largest absolute Gasteiger partial charge is 0.369 e. The Hall–Kier alpha value is -1.92.